The van der Waals surface area contributed by atoms with Crippen molar-refractivity contribution < 1.29 is 14.3 Å². The smallest absolute Gasteiger partial charge is 0.350 e. The van der Waals surface area contributed by atoms with Gasteiger partial charge in [-0.1, -0.05) is 59.5 Å². The number of anilines is 1. The maximum Gasteiger partial charge on any atom is 0.350 e. The monoisotopic (exact) mass is 464 g/mol. The number of benzene rings is 2. The van der Waals surface area contributed by atoms with Crippen LogP contribution in [0.2, 0.25) is 0 Å². The number of nitrogens with one attached hydrogen (secondary N) is 1. The highest BCUT2D eigenvalue weighted by Crippen LogP contribution is 2.25. The predicted molar refractivity (Wildman–Crippen MR) is 127 cm³/mol. The zero-order valence-corrected chi connectivity index (χ0v) is 19.1. The summed E-state index contributed by atoms with van der Waals surface area (Å²) in [6, 6.07) is 18.1. The highest BCUT2D eigenvalue weighted by atomic mass is 32.2. The van der Waals surface area contributed by atoms with Crippen LogP contribution in [0.15, 0.2) is 59.6 Å². The number of thiazole rings is 1. The largest absolute Gasteiger partial charge is 0.462 e. The van der Waals surface area contributed by atoms with Gasteiger partial charge in [-0.15, -0.1) is 10.2 Å². The van der Waals surface area contributed by atoms with Crippen LogP contribution < -0.4 is 5.32 Å². The van der Waals surface area contributed by atoms with Crippen LogP contribution in [0.25, 0.3) is 22.0 Å². The molecular formula is C23H20N4O3S2. The molecule has 2 heterocycles. The first-order valence-corrected chi connectivity index (χ1v) is 11.7. The molecule has 7 nitrogen and oxygen atoms in total. The Bertz CT molecular complexity index is 1270. The van der Waals surface area contributed by atoms with E-state index in [1.807, 2.05) is 30.3 Å². The van der Waals surface area contributed by atoms with Gasteiger partial charge in [0.15, 0.2) is 5.13 Å². The lowest BCUT2D eigenvalue weighted by Crippen LogP contribution is -2.14. The molecule has 1 amide bonds. The summed E-state index contributed by atoms with van der Waals surface area (Å²) >= 11 is 2.38. The summed E-state index contributed by atoms with van der Waals surface area (Å²) in [5.74, 6) is -0.518. The molecule has 0 bridgehead atoms. The van der Waals surface area contributed by atoms with E-state index >= 15 is 0 Å². The Morgan fingerprint density at radius 3 is 2.62 bits per heavy atom. The lowest BCUT2D eigenvalue weighted by atomic mass is 10.1. The van der Waals surface area contributed by atoms with E-state index in [4.69, 9.17) is 4.74 Å². The van der Waals surface area contributed by atoms with Crippen LogP contribution in [-0.2, 0) is 9.53 Å². The van der Waals surface area contributed by atoms with Crippen molar-refractivity contribution in [2.45, 2.75) is 18.9 Å². The van der Waals surface area contributed by atoms with Crippen molar-refractivity contribution in [3.8, 4) is 11.3 Å². The Hall–Kier alpha value is -3.30. The lowest BCUT2D eigenvalue weighted by Gasteiger charge is -2.04. The molecule has 0 aliphatic rings. The van der Waals surface area contributed by atoms with Gasteiger partial charge in [0.05, 0.1) is 23.7 Å². The molecule has 0 saturated carbocycles. The Morgan fingerprint density at radius 1 is 1.06 bits per heavy atom. The van der Waals surface area contributed by atoms with Gasteiger partial charge in [0, 0.05) is 5.56 Å². The number of amides is 1. The number of hydrogen-bond donors (Lipinski definition) is 1. The molecule has 0 unspecified atom stereocenters. The van der Waals surface area contributed by atoms with Crippen molar-refractivity contribution in [3.63, 3.8) is 0 Å². The number of fused-ring (bicyclic) bond motifs is 1. The second-order valence-corrected chi connectivity index (χ2v) is 8.80. The van der Waals surface area contributed by atoms with Gasteiger partial charge in [0.25, 0.3) is 0 Å². The minimum absolute atomic E-state index is 0.150. The summed E-state index contributed by atoms with van der Waals surface area (Å²) in [4.78, 5) is 28.8. The van der Waals surface area contributed by atoms with Crippen LogP contribution >= 0.6 is 23.1 Å². The Kier molecular flexibility index (Phi) is 6.77. The standard InChI is InChI=1S/C23H20N4O3S2/c1-3-30-22(29)21-14(2)24-23(32-21)25-19(28)13-31-20-11-10-18(26-27-20)17-9-8-15-6-4-5-7-16(15)12-17/h4-12H,3,13H2,1-2H3,(H,24,25,28). The van der Waals surface area contributed by atoms with Crippen LogP contribution in [-0.4, -0.2) is 39.4 Å². The van der Waals surface area contributed by atoms with Crippen LogP contribution in [0, 0.1) is 6.92 Å². The van der Waals surface area contributed by atoms with Crippen LogP contribution in [0.3, 0.4) is 0 Å². The summed E-state index contributed by atoms with van der Waals surface area (Å²) in [5, 5.41) is 14.6. The molecule has 0 aliphatic carbocycles. The quantitative estimate of drug-likeness (QED) is 0.305. The van der Waals surface area contributed by atoms with Gasteiger partial charge >= 0.3 is 5.97 Å². The summed E-state index contributed by atoms with van der Waals surface area (Å²) in [6.07, 6.45) is 0. The van der Waals surface area contributed by atoms with E-state index in [0.29, 0.717) is 20.7 Å². The van der Waals surface area contributed by atoms with Crippen molar-refractivity contribution in [2.24, 2.45) is 0 Å². The van der Waals surface area contributed by atoms with Gasteiger partial charge < -0.3 is 10.1 Å². The van der Waals surface area contributed by atoms with Gasteiger partial charge in [-0.25, -0.2) is 9.78 Å². The van der Waals surface area contributed by atoms with Crippen molar-refractivity contribution in [3.05, 3.63) is 65.2 Å². The molecule has 0 fully saturated rings. The van der Waals surface area contributed by atoms with Crippen molar-refractivity contribution >= 4 is 50.9 Å². The van der Waals surface area contributed by atoms with Crippen molar-refractivity contribution in [2.75, 3.05) is 17.7 Å². The van der Waals surface area contributed by atoms with Gasteiger partial charge in [0.2, 0.25) is 5.91 Å². The topological polar surface area (TPSA) is 94.1 Å². The number of thioether (sulfide) groups is 1. The molecule has 4 rings (SSSR count). The molecule has 4 aromatic rings. The molecule has 2 aromatic heterocycles. The van der Waals surface area contributed by atoms with E-state index in [1.54, 1.807) is 13.8 Å². The third-order valence-electron chi connectivity index (χ3n) is 4.54. The first-order valence-electron chi connectivity index (χ1n) is 9.93. The predicted octanol–water partition coefficient (Wildman–Crippen LogP) is 4.97. The molecule has 0 saturated heterocycles. The average molecular weight is 465 g/mol. The normalized spacial score (nSPS) is 10.8. The van der Waals surface area contributed by atoms with E-state index in [9.17, 15) is 9.59 Å². The van der Waals surface area contributed by atoms with E-state index in [-0.39, 0.29) is 18.3 Å². The first kappa shape index (κ1) is 21.9. The van der Waals surface area contributed by atoms with Gasteiger partial charge in [-0.05, 0) is 42.8 Å². The molecule has 0 spiro atoms. The zero-order chi connectivity index (χ0) is 22.5. The zero-order valence-electron chi connectivity index (χ0n) is 17.5. The minimum atomic E-state index is -0.431. The summed E-state index contributed by atoms with van der Waals surface area (Å²) in [5.41, 5.74) is 2.29. The molecule has 9 heteroatoms. The average Bonchev–Trinajstić information content (AvgIpc) is 3.17. The summed E-state index contributed by atoms with van der Waals surface area (Å²) in [6.45, 7) is 3.74. The lowest BCUT2D eigenvalue weighted by molar-refractivity contribution is -0.113. The number of hydrogen-bond acceptors (Lipinski definition) is 8. The van der Waals surface area contributed by atoms with E-state index in [2.05, 4.69) is 44.8 Å². The Morgan fingerprint density at radius 2 is 1.88 bits per heavy atom. The number of carbonyl (C=O) groups excluding carboxylic acids is 2. The Balaban J connectivity index is 1.35. The molecule has 2 aromatic carbocycles. The SMILES string of the molecule is CCOC(=O)c1sc(NC(=O)CSc2ccc(-c3ccc4ccccc4c3)nn2)nc1C. The Labute approximate surface area is 193 Å². The number of carbonyl (C=O) groups is 2. The van der Waals surface area contributed by atoms with E-state index in [1.165, 1.54) is 17.1 Å². The van der Waals surface area contributed by atoms with E-state index < -0.39 is 5.97 Å². The second-order valence-electron chi connectivity index (χ2n) is 6.81. The number of aryl methyl sites for hydroxylation is 1. The van der Waals surface area contributed by atoms with Gasteiger partial charge in [0.1, 0.15) is 9.90 Å². The molecule has 0 aliphatic heterocycles. The first-order chi connectivity index (χ1) is 15.5. The second kappa shape index (κ2) is 9.88. The fourth-order valence-corrected chi connectivity index (χ4v) is 4.52. The molecule has 0 radical (unpaired) electrons. The molecule has 32 heavy (non-hydrogen) atoms. The molecular weight excluding hydrogens is 444 g/mol. The fourth-order valence-electron chi connectivity index (χ4n) is 3.03. The third-order valence-corrected chi connectivity index (χ3v) is 6.51. The fraction of sp³-hybridized carbons (Fsp3) is 0.174. The van der Waals surface area contributed by atoms with Gasteiger partial charge in [-0.3, -0.25) is 4.79 Å². The van der Waals surface area contributed by atoms with Crippen LogP contribution in [0.4, 0.5) is 5.13 Å². The molecule has 162 valence electrons. The maximum absolute atomic E-state index is 12.3. The number of esters is 1. The number of ether oxygens (including phenoxy) is 1. The number of rotatable bonds is 7. The minimum Gasteiger partial charge on any atom is -0.462 e. The molecule has 0 atom stereocenters. The summed E-state index contributed by atoms with van der Waals surface area (Å²) in [7, 11) is 0. The van der Waals surface area contributed by atoms with E-state index in [0.717, 1.165) is 28.0 Å². The highest BCUT2D eigenvalue weighted by Gasteiger charge is 2.17. The van der Waals surface area contributed by atoms with Crippen molar-refractivity contribution in [1.82, 2.24) is 15.2 Å². The highest BCUT2D eigenvalue weighted by molar-refractivity contribution is 7.99. The maximum atomic E-state index is 12.3. The third kappa shape index (κ3) is 5.12. The van der Waals surface area contributed by atoms with Crippen molar-refractivity contribution in [1.29, 1.82) is 0 Å². The number of aromatic nitrogens is 3. The van der Waals surface area contributed by atoms with Crippen LogP contribution in [0.1, 0.15) is 22.3 Å². The summed E-state index contributed by atoms with van der Waals surface area (Å²) < 4.78 is 4.99. The number of nitrogens with zero attached hydrogens (tertiary/aromatic N) is 3. The molecule has 1 N–H and O–H groups in total. The van der Waals surface area contributed by atoms with Gasteiger partial charge in [-0.2, -0.15) is 0 Å². The van der Waals surface area contributed by atoms with Crippen LogP contribution in [0.5, 0.6) is 0 Å².